The van der Waals surface area contributed by atoms with Gasteiger partial charge in [0.1, 0.15) is 0 Å². The van der Waals surface area contributed by atoms with E-state index in [9.17, 15) is 4.79 Å². The molecule has 2 aromatic rings. The van der Waals surface area contributed by atoms with Crippen molar-refractivity contribution in [3.63, 3.8) is 0 Å². The van der Waals surface area contributed by atoms with Gasteiger partial charge >= 0.3 is 6.03 Å². The summed E-state index contributed by atoms with van der Waals surface area (Å²) in [6, 6.07) is 6.32. The summed E-state index contributed by atoms with van der Waals surface area (Å²) in [6.07, 6.45) is 2.15. The second-order valence-corrected chi connectivity index (χ2v) is 6.80. The highest BCUT2D eigenvalue weighted by atomic mass is 16.2. The summed E-state index contributed by atoms with van der Waals surface area (Å²) in [5.74, 6) is 0.622. The van der Waals surface area contributed by atoms with Crippen molar-refractivity contribution < 1.29 is 4.79 Å². The van der Waals surface area contributed by atoms with Crippen LogP contribution < -0.4 is 10.6 Å². The summed E-state index contributed by atoms with van der Waals surface area (Å²) in [7, 11) is 1.92. The van der Waals surface area contributed by atoms with E-state index in [1.54, 1.807) is 0 Å². The first-order chi connectivity index (χ1) is 9.86. The van der Waals surface area contributed by atoms with Crippen molar-refractivity contribution >= 4 is 22.8 Å². The molecular weight excluding hydrogens is 264 g/mol. The molecule has 5 nitrogen and oxygen atoms in total. The zero-order chi connectivity index (χ0) is 15.2. The lowest BCUT2D eigenvalue weighted by Gasteiger charge is -2.20. The molecule has 1 aromatic carbocycles. The minimum absolute atomic E-state index is 0.0286. The number of carbonyl (C=O) groups excluding carboxylic acids is 1. The topological polar surface area (TPSA) is 59.0 Å². The smallest absolute Gasteiger partial charge is 0.320 e. The van der Waals surface area contributed by atoms with Crippen LogP contribution in [0, 0.1) is 0 Å². The Kier molecular flexibility index (Phi) is 3.15. The maximum absolute atomic E-state index is 11.9. The molecule has 0 aliphatic heterocycles. The van der Waals surface area contributed by atoms with Crippen molar-refractivity contribution in [1.29, 1.82) is 0 Å². The number of rotatable bonds is 2. The van der Waals surface area contributed by atoms with Crippen molar-refractivity contribution in [2.45, 2.75) is 45.1 Å². The van der Waals surface area contributed by atoms with Gasteiger partial charge in [-0.15, -0.1) is 0 Å². The van der Waals surface area contributed by atoms with E-state index in [2.05, 4.69) is 42.6 Å². The van der Waals surface area contributed by atoms with Crippen LogP contribution in [0.4, 0.5) is 10.6 Å². The van der Waals surface area contributed by atoms with Gasteiger partial charge in [-0.1, -0.05) is 32.9 Å². The first-order valence-corrected chi connectivity index (χ1v) is 7.40. The van der Waals surface area contributed by atoms with Crippen LogP contribution in [0.2, 0.25) is 0 Å². The number of amides is 2. The Bertz CT molecular complexity index is 692. The average Bonchev–Trinajstić information content (AvgIpc) is 3.14. The van der Waals surface area contributed by atoms with Gasteiger partial charge in [0.2, 0.25) is 0 Å². The van der Waals surface area contributed by atoms with E-state index < -0.39 is 0 Å². The molecule has 0 unspecified atom stereocenters. The van der Waals surface area contributed by atoms with Gasteiger partial charge in [0.15, 0.2) is 5.82 Å². The van der Waals surface area contributed by atoms with E-state index in [4.69, 9.17) is 0 Å². The molecule has 1 fully saturated rings. The fourth-order valence-corrected chi connectivity index (χ4v) is 2.59. The lowest BCUT2D eigenvalue weighted by Crippen LogP contribution is -2.30. The predicted molar refractivity (Wildman–Crippen MR) is 84.6 cm³/mol. The van der Waals surface area contributed by atoms with E-state index in [1.807, 2.05) is 23.9 Å². The van der Waals surface area contributed by atoms with Crippen LogP contribution in [0.25, 0.3) is 10.9 Å². The van der Waals surface area contributed by atoms with Crippen LogP contribution in [-0.2, 0) is 12.5 Å². The maximum atomic E-state index is 11.9. The van der Waals surface area contributed by atoms with Gasteiger partial charge in [-0.2, -0.15) is 5.10 Å². The fraction of sp³-hybridized carbons (Fsp3) is 0.500. The van der Waals surface area contributed by atoms with Gasteiger partial charge in [-0.05, 0) is 29.9 Å². The van der Waals surface area contributed by atoms with E-state index >= 15 is 0 Å². The Labute approximate surface area is 124 Å². The Hall–Kier alpha value is -2.04. The number of anilines is 1. The van der Waals surface area contributed by atoms with Crippen LogP contribution in [0.1, 0.15) is 39.2 Å². The minimum atomic E-state index is -0.168. The molecule has 21 heavy (non-hydrogen) atoms. The summed E-state index contributed by atoms with van der Waals surface area (Å²) in [4.78, 5) is 11.9. The number of carbonyl (C=O) groups is 1. The summed E-state index contributed by atoms with van der Waals surface area (Å²) < 4.78 is 1.85. The Morgan fingerprint density at radius 2 is 2.05 bits per heavy atom. The Morgan fingerprint density at radius 1 is 1.33 bits per heavy atom. The molecular formula is C16H22N4O. The molecule has 2 N–H and O–H groups in total. The predicted octanol–water partition coefficient (Wildman–Crippen LogP) is 3.15. The van der Waals surface area contributed by atoms with Crippen molar-refractivity contribution in [3.8, 4) is 0 Å². The number of benzene rings is 1. The molecule has 0 radical (unpaired) electrons. The van der Waals surface area contributed by atoms with Gasteiger partial charge in [0.25, 0.3) is 0 Å². The highest BCUT2D eigenvalue weighted by Gasteiger charge is 2.25. The molecule has 1 aromatic heterocycles. The second-order valence-electron chi connectivity index (χ2n) is 6.80. The highest BCUT2D eigenvalue weighted by Crippen LogP contribution is 2.32. The molecule has 1 saturated carbocycles. The van der Waals surface area contributed by atoms with Gasteiger partial charge in [0, 0.05) is 18.5 Å². The molecule has 112 valence electrons. The molecule has 0 bridgehead atoms. The SMILES string of the molecule is Cn1nc(NC(=O)NC2CC2)c2cccc(C(C)(C)C)c21. The molecule has 0 saturated heterocycles. The van der Waals surface area contributed by atoms with Crippen molar-refractivity contribution in [2.75, 3.05) is 5.32 Å². The number of hydrogen-bond acceptors (Lipinski definition) is 2. The standard InChI is InChI=1S/C16H22N4O/c1-16(2,3)12-7-5-6-11-13(12)20(4)19-14(11)18-15(21)17-10-8-9-10/h5-7,10H,8-9H2,1-4H3,(H2,17,18,19,21). The highest BCUT2D eigenvalue weighted by molar-refractivity contribution is 6.00. The van der Waals surface area contributed by atoms with Crippen LogP contribution in [0.5, 0.6) is 0 Å². The second kappa shape index (κ2) is 4.76. The van der Waals surface area contributed by atoms with Crippen LogP contribution in [0.15, 0.2) is 18.2 Å². The number of hydrogen-bond donors (Lipinski definition) is 2. The normalized spacial score (nSPS) is 15.2. The van der Waals surface area contributed by atoms with Crippen LogP contribution >= 0.6 is 0 Å². The van der Waals surface area contributed by atoms with Crippen LogP contribution in [0.3, 0.4) is 0 Å². The van der Waals surface area contributed by atoms with Crippen molar-refractivity contribution in [1.82, 2.24) is 15.1 Å². The molecule has 1 heterocycles. The monoisotopic (exact) mass is 286 g/mol. The van der Waals surface area contributed by atoms with Gasteiger partial charge < -0.3 is 5.32 Å². The molecule has 1 aliphatic carbocycles. The van der Waals surface area contributed by atoms with E-state index in [0.29, 0.717) is 11.9 Å². The number of nitrogens with zero attached hydrogens (tertiary/aromatic N) is 2. The summed E-state index contributed by atoms with van der Waals surface area (Å²) in [6.45, 7) is 6.55. The number of fused-ring (bicyclic) bond motifs is 1. The largest absolute Gasteiger partial charge is 0.335 e. The average molecular weight is 286 g/mol. The summed E-state index contributed by atoms with van der Waals surface area (Å²) in [5.41, 5.74) is 2.33. The van der Waals surface area contributed by atoms with Crippen LogP contribution in [-0.4, -0.2) is 21.9 Å². The molecule has 0 atom stereocenters. The minimum Gasteiger partial charge on any atom is -0.335 e. The third kappa shape index (κ3) is 2.73. The van der Waals surface area contributed by atoms with Crippen molar-refractivity contribution in [2.24, 2.45) is 7.05 Å². The number of aryl methyl sites for hydroxylation is 1. The summed E-state index contributed by atoms with van der Waals surface area (Å²) in [5, 5.41) is 11.3. The summed E-state index contributed by atoms with van der Waals surface area (Å²) >= 11 is 0. The third-order valence-electron chi connectivity index (χ3n) is 3.82. The molecule has 2 amide bonds. The zero-order valence-corrected chi connectivity index (χ0v) is 13.0. The Balaban J connectivity index is 1.99. The number of nitrogens with one attached hydrogen (secondary N) is 2. The molecule has 0 spiro atoms. The van der Waals surface area contributed by atoms with Crippen molar-refractivity contribution in [3.05, 3.63) is 23.8 Å². The van der Waals surface area contributed by atoms with E-state index in [0.717, 1.165) is 23.7 Å². The lowest BCUT2D eigenvalue weighted by molar-refractivity contribution is 0.251. The molecule has 3 rings (SSSR count). The molecule has 1 aliphatic rings. The van der Waals surface area contributed by atoms with E-state index in [-0.39, 0.29) is 11.4 Å². The van der Waals surface area contributed by atoms with Gasteiger partial charge in [-0.25, -0.2) is 4.79 Å². The maximum Gasteiger partial charge on any atom is 0.320 e. The number of aromatic nitrogens is 2. The van der Waals surface area contributed by atoms with Gasteiger partial charge in [0.05, 0.1) is 5.52 Å². The zero-order valence-electron chi connectivity index (χ0n) is 13.0. The van der Waals surface area contributed by atoms with Gasteiger partial charge in [-0.3, -0.25) is 10.00 Å². The number of urea groups is 1. The first kappa shape index (κ1) is 13.9. The fourth-order valence-electron chi connectivity index (χ4n) is 2.59. The number of para-hydroxylation sites is 1. The third-order valence-corrected chi connectivity index (χ3v) is 3.82. The first-order valence-electron chi connectivity index (χ1n) is 7.40. The quantitative estimate of drug-likeness (QED) is 0.891. The molecule has 5 heteroatoms. The lowest BCUT2D eigenvalue weighted by atomic mass is 9.85. The van der Waals surface area contributed by atoms with E-state index in [1.165, 1.54) is 5.56 Å². The Morgan fingerprint density at radius 3 is 2.67 bits per heavy atom.